The highest BCUT2D eigenvalue weighted by molar-refractivity contribution is 9.10. The largest absolute Gasteiger partial charge is 0.494 e. The minimum absolute atomic E-state index is 0.210. The molecular formula is C25H22BrN3O6. The number of nitrogens with zero attached hydrogens (tertiary/aromatic N) is 1. The molecule has 0 radical (unpaired) electrons. The van der Waals surface area contributed by atoms with Gasteiger partial charge < -0.3 is 19.5 Å². The van der Waals surface area contributed by atoms with E-state index >= 15 is 0 Å². The third-order valence-corrected chi connectivity index (χ3v) is 5.01. The number of amides is 2. The number of carbonyl (C=O) groups excluding carboxylic acids is 3. The summed E-state index contributed by atoms with van der Waals surface area (Å²) in [7, 11) is 1.43. The second-order valence-corrected chi connectivity index (χ2v) is 7.83. The van der Waals surface area contributed by atoms with Crippen LogP contribution in [0.2, 0.25) is 0 Å². The van der Waals surface area contributed by atoms with Crippen molar-refractivity contribution in [2.45, 2.75) is 6.92 Å². The van der Waals surface area contributed by atoms with Crippen LogP contribution < -0.4 is 25.0 Å². The van der Waals surface area contributed by atoms with E-state index in [0.29, 0.717) is 29.2 Å². The van der Waals surface area contributed by atoms with Gasteiger partial charge in [0.2, 0.25) is 0 Å². The zero-order valence-corrected chi connectivity index (χ0v) is 20.5. The predicted molar refractivity (Wildman–Crippen MR) is 134 cm³/mol. The van der Waals surface area contributed by atoms with E-state index in [4.69, 9.17) is 14.2 Å². The van der Waals surface area contributed by atoms with Crippen LogP contribution in [0.3, 0.4) is 0 Å². The van der Waals surface area contributed by atoms with Crippen LogP contribution in [-0.2, 0) is 9.59 Å². The van der Waals surface area contributed by atoms with Crippen molar-refractivity contribution in [3.05, 3.63) is 82.3 Å². The van der Waals surface area contributed by atoms with Crippen molar-refractivity contribution >= 4 is 45.6 Å². The molecule has 0 heterocycles. The standard InChI is InChI=1S/C25H22BrN3O6/c1-3-34-20-11-5-17(6-12-20)25(32)35-21-13-4-16(14-22(21)33-2)15-27-29-24(31)23(30)28-19-9-7-18(26)8-10-19/h4-15H,3H2,1-2H3,(H,28,30)(H,29,31). The Morgan fingerprint density at radius 3 is 2.31 bits per heavy atom. The fraction of sp³-hybridized carbons (Fsp3) is 0.120. The Bertz CT molecular complexity index is 1230. The Kier molecular flexibility index (Phi) is 8.96. The Labute approximate surface area is 210 Å². The van der Waals surface area contributed by atoms with E-state index in [2.05, 4.69) is 31.8 Å². The fourth-order valence-electron chi connectivity index (χ4n) is 2.80. The average Bonchev–Trinajstić information content (AvgIpc) is 2.86. The maximum Gasteiger partial charge on any atom is 0.343 e. The molecule has 0 saturated heterocycles. The van der Waals surface area contributed by atoms with Crippen LogP contribution in [0.15, 0.2) is 76.3 Å². The lowest BCUT2D eigenvalue weighted by Crippen LogP contribution is -2.32. The van der Waals surface area contributed by atoms with Crippen LogP contribution in [0, 0.1) is 0 Å². The minimum Gasteiger partial charge on any atom is -0.494 e. The number of rotatable bonds is 8. The van der Waals surface area contributed by atoms with Crippen LogP contribution in [0.5, 0.6) is 17.2 Å². The molecule has 0 aliphatic rings. The van der Waals surface area contributed by atoms with Crippen molar-refractivity contribution in [3.8, 4) is 17.2 Å². The highest BCUT2D eigenvalue weighted by Gasteiger charge is 2.14. The minimum atomic E-state index is -0.933. The molecule has 9 nitrogen and oxygen atoms in total. The number of hydrazone groups is 1. The van der Waals surface area contributed by atoms with Gasteiger partial charge in [0.1, 0.15) is 5.75 Å². The monoisotopic (exact) mass is 539 g/mol. The molecule has 10 heteroatoms. The van der Waals surface area contributed by atoms with Crippen molar-refractivity contribution in [1.29, 1.82) is 0 Å². The molecule has 0 spiro atoms. The average molecular weight is 540 g/mol. The molecule has 0 aliphatic carbocycles. The van der Waals surface area contributed by atoms with E-state index in [0.717, 1.165) is 4.47 Å². The summed E-state index contributed by atoms with van der Waals surface area (Å²) in [6.45, 7) is 2.40. The van der Waals surface area contributed by atoms with Crippen molar-refractivity contribution in [3.63, 3.8) is 0 Å². The number of methoxy groups -OCH3 is 1. The normalized spacial score (nSPS) is 10.5. The van der Waals surface area contributed by atoms with Crippen LogP contribution >= 0.6 is 15.9 Å². The number of ether oxygens (including phenoxy) is 3. The van der Waals surface area contributed by atoms with Crippen molar-refractivity contribution in [2.75, 3.05) is 19.0 Å². The maximum atomic E-state index is 12.5. The second kappa shape index (κ2) is 12.3. The molecule has 0 unspecified atom stereocenters. The van der Waals surface area contributed by atoms with E-state index in [1.165, 1.54) is 19.4 Å². The number of hydrogen-bond acceptors (Lipinski definition) is 7. The highest BCUT2D eigenvalue weighted by atomic mass is 79.9. The number of anilines is 1. The first kappa shape index (κ1) is 25.4. The maximum absolute atomic E-state index is 12.5. The van der Waals surface area contributed by atoms with E-state index in [1.54, 1.807) is 60.7 Å². The molecule has 2 N–H and O–H groups in total. The van der Waals surface area contributed by atoms with E-state index in [1.807, 2.05) is 6.92 Å². The lowest BCUT2D eigenvalue weighted by Gasteiger charge is -2.10. The van der Waals surface area contributed by atoms with Gasteiger partial charge in [-0.25, -0.2) is 10.2 Å². The highest BCUT2D eigenvalue weighted by Crippen LogP contribution is 2.28. The van der Waals surface area contributed by atoms with Crippen molar-refractivity contribution in [1.82, 2.24) is 5.43 Å². The van der Waals surface area contributed by atoms with E-state index < -0.39 is 17.8 Å². The molecule has 3 aromatic rings. The zero-order valence-electron chi connectivity index (χ0n) is 18.9. The van der Waals surface area contributed by atoms with Gasteiger partial charge in [0, 0.05) is 10.2 Å². The summed E-state index contributed by atoms with van der Waals surface area (Å²) in [5.41, 5.74) is 3.51. The number of carbonyl (C=O) groups is 3. The molecule has 0 atom stereocenters. The van der Waals surface area contributed by atoms with Crippen molar-refractivity contribution in [2.24, 2.45) is 5.10 Å². The molecule has 0 aromatic heterocycles. The van der Waals surface area contributed by atoms with Crippen LogP contribution in [-0.4, -0.2) is 37.7 Å². The molecule has 0 aliphatic heterocycles. The molecule has 180 valence electrons. The van der Waals surface area contributed by atoms with Gasteiger partial charge in [0.15, 0.2) is 11.5 Å². The van der Waals surface area contributed by atoms with E-state index in [9.17, 15) is 14.4 Å². The Morgan fingerprint density at radius 1 is 0.943 bits per heavy atom. The Balaban J connectivity index is 1.58. The van der Waals surface area contributed by atoms with Gasteiger partial charge in [-0.3, -0.25) is 9.59 Å². The molecule has 2 amide bonds. The van der Waals surface area contributed by atoms with Gasteiger partial charge in [0.25, 0.3) is 0 Å². The van der Waals surface area contributed by atoms with Gasteiger partial charge in [-0.05, 0) is 79.2 Å². The summed E-state index contributed by atoms with van der Waals surface area (Å²) in [4.78, 5) is 36.4. The van der Waals surface area contributed by atoms with E-state index in [-0.39, 0.29) is 11.5 Å². The SMILES string of the molecule is CCOc1ccc(C(=O)Oc2ccc(C=NNC(=O)C(=O)Nc3ccc(Br)cc3)cc2OC)cc1. The van der Waals surface area contributed by atoms with Gasteiger partial charge in [-0.15, -0.1) is 0 Å². The van der Waals surface area contributed by atoms with Crippen LogP contribution in [0.1, 0.15) is 22.8 Å². The molecule has 3 rings (SSSR count). The second-order valence-electron chi connectivity index (χ2n) is 6.92. The first-order valence-corrected chi connectivity index (χ1v) is 11.2. The molecule has 0 bridgehead atoms. The number of benzene rings is 3. The van der Waals surface area contributed by atoms with Gasteiger partial charge in [-0.2, -0.15) is 5.10 Å². The summed E-state index contributed by atoms with van der Waals surface area (Å²) in [5, 5.41) is 6.25. The first-order valence-electron chi connectivity index (χ1n) is 10.4. The number of halogens is 1. The quantitative estimate of drug-likeness (QED) is 0.146. The zero-order chi connectivity index (χ0) is 25.2. The topological polar surface area (TPSA) is 115 Å². The third kappa shape index (κ3) is 7.41. The fourth-order valence-corrected chi connectivity index (χ4v) is 3.06. The number of hydrogen-bond donors (Lipinski definition) is 2. The molecule has 35 heavy (non-hydrogen) atoms. The number of nitrogens with one attached hydrogen (secondary N) is 2. The third-order valence-electron chi connectivity index (χ3n) is 4.48. The summed E-state index contributed by atoms with van der Waals surface area (Å²) in [5.74, 6) is -1.20. The van der Waals surface area contributed by atoms with Crippen LogP contribution in [0.25, 0.3) is 0 Å². The summed E-state index contributed by atoms with van der Waals surface area (Å²) < 4.78 is 17.0. The molecule has 3 aromatic carbocycles. The molecule has 0 fully saturated rings. The summed E-state index contributed by atoms with van der Waals surface area (Å²) >= 11 is 3.29. The molecule has 0 saturated carbocycles. The Morgan fingerprint density at radius 2 is 1.66 bits per heavy atom. The first-order chi connectivity index (χ1) is 16.9. The van der Waals surface area contributed by atoms with Crippen LogP contribution in [0.4, 0.5) is 5.69 Å². The van der Waals surface area contributed by atoms with Gasteiger partial charge in [0.05, 0.1) is 25.5 Å². The predicted octanol–water partition coefficient (Wildman–Crippen LogP) is 4.16. The lowest BCUT2D eigenvalue weighted by atomic mass is 10.2. The lowest BCUT2D eigenvalue weighted by molar-refractivity contribution is -0.136. The smallest absolute Gasteiger partial charge is 0.343 e. The van der Waals surface area contributed by atoms with Gasteiger partial charge in [-0.1, -0.05) is 15.9 Å². The van der Waals surface area contributed by atoms with Gasteiger partial charge >= 0.3 is 17.8 Å². The Hall–Kier alpha value is -4.18. The summed E-state index contributed by atoms with van der Waals surface area (Å²) in [6, 6.07) is 18.1. The number of esters is 1. The van der Waals surface area contributed by atoms with Crippen molar-refractivity contribution < 1.29 is 28.6 Å². The molecular weight excluding hydrogens is 518 g/mol. The summed E-state index contributed by atoms with van der Waals surface area (Å²) in [6.07, 6.45) is 1.32.